The molecule has 0 fully saturated rings. The van der Waals surface area contributed by atoms with Gasteiger partial charge in [0.2, 0.25) is 0 Å². The van der Waals surface area contributed by atoms with Gasteiger partial charge in [-0.3, -0.25) is 9.59 Å². The van der Waals surface area contributed by atoms with Gasteiger partial charge in [0.15, 0.2) is 0 Å². The van der Waals surface area contributed by atoms with Gasteiger partial charge in [0.1, 0.15) is 0 Å². The van der Waals surface area contributed by atoms with Gasteiger partial charge in [0, 0.05) is 12.8 Å². The van der Waals surface area contributed by atoms with Crippen molar-refractivity contribution < 1.29 is 19.8 Å². The van der Waals surface area contributed by atoms with Gasteiger partial charge in [0.25, 0.3) is 0 Å². The summed E-state index contributed by atoms with van der Waals surface area (Å²) in [4.78, 5) is 21.7. The van der Waals surface area contributed by atoms with Crippen LogP contribution in [0.4, 0.5) is 0 Å². The van der Waals surface area contributed by atoms with Crippen molar-refractivity contribution in [3.63, 3.8) is 0 Å². The minimum absolute atomic E-state index is 0.0981. The maximum absolute atomic E-state index is 10.9. The van der Waals surface area contributed by atoms with Crippen LogP contribution < -0.4 is 5.19 Å². The van der Waals surface area contributed by atoms with Gasteiger partial charge in [-0.05, 0) is 24.0 Å². The van der Waals surface area contributed by atoms with Gasteiger partial charge in [-0.15, -0.1) is 0 Å². The van der Waals surface area contributed by atoms with Gasteiger partial charge in [0.05, 0.1) is 9.52 Å². The number of rotatable bonds is 11. The van der Waals surface area contributed by atoms with Crippen LogP contribution in [0.1, 0.15) is 50.2 Å². The third-order valence-corrected chi connectivity index (χ3v) is 5.92. The van der Waals surface area contributed by atoms with E-state index in [9.17, 15) is 9.59 Å². The summed E-state index contributed by atoms with van der Waals surface area (Å²) < 4.78 is 0. The van der Waals surface area contributed by atoms with Gasteiger partial charge in [-0.25, -0.2) is 0 Å². The van der Waals surface area contributed by atoms with Crippen LogP contribution in [-0.2, 0) is 22.4 Å². The summed E-state index contributed by atoms with van der Waals surface area (Å²) in [6.45, 7) is 2.19. The fraction of sp³-hybridized carbons (Fsp3) is 0.529. The number of unbranched alkanes of at least 4 members (excludes halogenated alkanes) is 2. The summed E-state index contributed by atoms with van der Waals surface area (Å²) in [5.74, 6) is -1.61. The second-order valence-electron chi connectivity index (χ2n) is 5.65. The molecule has 1 aromatic rings. The van der Waals surface area contributed by atoms with E-state index in [2.05, 4.69) is 13.0 Å². The number of hydrogen-bond donors (Lipinski definition) is 2. The Bertz CT molecular complexity index is 499. The average molecular weight is 322 g/mol. The highest BCUT2D eigenvalue weighted by molar-refractivity contribution is 6.54. The molecule has 0 saturated heterocycles. The number of aliphatic carboxylic acids is 2. The van der Waals surface area contributed by atoms with Crippen LogP contribution in [0.25, 0.3) is 0 Å². The molecule has 0 aliphatic carbocycles. The van der Waals surface area contributed by atoms with Gasteiger partial charge < -0.3 is 10.2 Å². The van der Waals surface area contributed by atoms with Gasteiger partial charge >= 0.3 is 11.9 Å². The third kappa shape index (κ3) is 6.89. The first-order chi connectivity index (χ1) is 10.5. The van der Waals surface area contributed by atoms with Crippen molar-refractivity contribution in [2.75, 3.05) is 0 Å². The monoisotopic (exact) mass is 322 g/mol. The van der Waals surface area contributed by atoms with E-state index >= 15 is 0 Å². The van der Waals surface area contributed by atoms with E-state index in [-0.39, 0.29) is 12.8 Å². The average Bonchev–Trinajstić information content (AvgIpc) is 2.48. The minimum atomic E-state index is -0.810. The highest BCUT2D eigenvalue weighted by atomic mass is 28.2. The molecule has 0 aromatic heterocycles. The highest BCUT2D eigenvalue weighted by Gasteiger charge is 2.11. The minimum Gasteiger partial charge on any atom is -0.481 e. The number of carbonyl (C=O) groups is 2. The molecule has 4 nitrogen and oxygen atoms in total. The summed E-state index contributed by atoms with van der Waals surface area (Å²) in [7, 11) is -0.404. The normalized spacial score (nSPS) is 11.1. The zero-order valence-corrected chi connectivity index (χ0v) is 14.7. The summed E-state index contributed by atoms with van der Waals surface area (Å²) in [6.07, 6.45) is 4.90. The van der Waals surface area contributed by atoms with Crippen LogP contribution in [0, 0.1) is 0 Å². The Morgan fingerprint density at radius 2 is 1.73 bits per heavy atom. The fourth-order valence-electron chi connectivity index (χ4n) is 2.69. The molecular formula is C17H26O4Si. The van der Waals surface area contributed by atoms with Crippen LogP contribution in [0.2, 0.25) is 6.04 Å². The molecule has 0 radical (unpaired) electrons. The van der Waals surface area contributed by atoms with E-state index in [0.29, 0.717) is 12.8 Å². The fourth-order valence-corrected chi connectivity index (χ4v) is 4.69. The lowest BCUT2D eigenvalue weighted by Gasteiger charge is -2.14. The Hall–Kier alpha value is -1.62. The van der Waals surface area contributed by atoms with Crippen molar-refractivity contribution in [3.8, 4) is 0 Å². The maximum Gasteiger partial charge on any atom is 0.303 e. The second kappa shape index (κ2) is 10.2. The largest absolute Gasteiger partial charge is 0.481 e. The molecule has 0 atom stereocenters. The van der Waals surface area contributed by atoms with E-state index in [0.717, 1.165) is 11.1 Å². The Kier molecular flexibility index (Phi) is 8.51. The first-order valence-corrected chi connectivity index (χ1v) is 9.78. The molecule has 0 heterocycles. The number of aryl methyl sites for hydroxylation is 1. The highest BCUT2D eigenvalue weighted by Crippen LogP contribution is 2.13. The van der Waals surface area contributed by atoms with Crippen molar-refractivity contribution in [3.05, 3.63) is 29.3 Å². The molecule has 0 aliphatic rings. The zero-order valence-electron chi connectivity index (χ0n) is 13.3. The van der Waals surface area contributed by atoms with Crippen LogP contribution in [-0.4, -0.2) is 31.7 Å². The van der Waals surface area contributed by atoms with Crippen LogP contribution >= 0.6 is 0 Å². The Balaban J connectivity index is 2.84. The summed E-state index contributed by atoms with van der Waals surface area (Å²) in [6, 6.07) is 7.28. The predicted molar refractivity (Wildman–Crippen MR) is 90.9 cm³/mol. The lowest BCUT2D eigenvalue weighted by molar-refractivity contribution is -0.138. The van der Waals surface area contributed by atoms with Crippen LogP contribution in [0.5, 0.6) is 0 Å². The molecule has 122 valence electrons. The number of hydrogen-bond acceptors (Lipinski definition) is 2. The Labute approximate surface area is 134 Å². The molecule has 0 bridgehead atoms. The zero-order chi connectivity index (χ0) is 16.4. The summed E-state index contributed by atoms with van der Waals surface area (Å²) in [5, 5.41) is 19.1. The molecule has 1 aromatic carbocycles. The van der Waals surface area contributed by atoms with Gasteiger partial charge in [-0.1, -0.05) is 55.6 Å². The number of carboxylic acid groups (broad SMARTS) is 2. The van der Waals surface area contributed by atoms with Crippen LogP contribution in [0.3, 0.4) is 0 Å². The molecule has 0 unspecified atom stereocenters. The predicted octanol–water partition coefficient (Wildman–Crippen LogP) is 2.12. The molecule has 2 N–H and O–H groups in total. The Morgan fingerprint density at radius 3 is 2.36 bits per heavy atom. The second-order valence-corrected chi connectivity index (χ2v) is 7.62. The molecule has 1 rings (SSSR count). The van der Waals surface area contributed by atoms with E-state index in [4.69, 9.17) is 10.2 Å². The maximum atomic E-state index is 10.9. The number of carboxylic acids is 2. The van der Waals surface area contributed by atoms with E-state index in [1.54, 1.807) is 0 Å². The van der Waals surface area contributed by atoms with Crippen molar-refractivity contribution in [1.82, 2.24) is 0 Å². The van der Waals surface area contributed by atoms with E-state index < -0.39 is 21.5 Å². The first kappa shape index (κ1) is 18.4. The van der Waals surface area contributed by atoms with E-state index in [1.165, 1.54) is 30.5 Å². The Morgan fingerprint density at radius 1 is 1.05 bits per heavy atom. The third-order valence-electron chi connectivity index (χ3n) is 3.87. The summed E-state index contributed by atoms with van der Waals surface area (Å²) in [5.41, 5.74) is 2.12. The van der Waals surface area contributed by atoms with E-state index in [1.807, 2.05) is 12.1 Å². The lowest BCUT2D eigenvalue weighted by atomic mass is 9.99. The molecule has 5 heteroatoms. The standard InChI is InChI=1S/C17H26O4Si/c1-2-3-4-12-22-15-7-5-6-13(8-10-16(18)19)14(15)9-11-17(20)21/h5-7H,2-4,8-12,22H2,1H3,(H,18,19)(H,20,21). The van der Waals surface area contributed by atoms with Crippen molar-refractivity contribution >= 4 is 26.6 Å². The van der Waals surface area contributed by atoms with Crippen molar-refractivity contribution in [2.45, 2.75) is 57.9 Å². The molecule has 0 aliphatic heterocycles. The molecule has 0 amide bonds. The quantitative estimate of drug-likeness (QED) is 0.483. The first-order valence-electron chi connectivity index (χ1n) is 8.07. The lowest BCUT2D eigenvalue weighted by Crippen LogP contribution is -2.22. The van der Waals surface area contributed by atoms with Crippen molar-refractivity contribution in [2.24, 2.45) is 0 Å². The molecular weight excluding hydrogens is 296 g/mol. The smallest absolute Gasteiger partial charge is 0.303 e. The molecule has 0 spiro atoms. The van der Waals surface area contributed by atoms with Crippen LogP contribution in [0.15, 0.2) is 18.2 Å². The summed E-state index contributed by atoms with van der Waals surface area (Å²) >= 11 is 0. The number of benzene rings is 1. The topological polar surface area (TPSA) is 74.6 Å². The molecule has 22 heavy (non-hydrogen) atoms. The van der Waals surface area contributed by atoms with Gasteiger partial charge in [-0.2, -0.15) is 0 Å². The molecule has 0 saturated carbocycles. The van der Waals surface area contributed by atoms with Crippen molar-refractivity contribution in [1.29, 1.82) is 0 Å². The SMILES string of the molecule is CCCCC[SiH2]c1cccc(CCC(=O)O)c1CCC(=O)O.